The van der Waals surface area contributed by atoms with E-state index in [1.165, 1.54) is 17.4 Å². The van der Waals surface area contributed by atoms with Crippen LogP contribution < -0.4 is 10.5 Å². The molecule has 0 aliphatic heterocycles. The molecule has 9 heteroatoms. The predicted molar refractivity (Wildman–Crippen MR) is 136 cm³/mol. The molecule has 0 fully saturated rings. The highest BCUT2D eigenvalue weighted by Gasteiger charge is 2.16. The summed E-state index contributed by atoms with van der Waals surface area (Å²) in [7, 11) is 0. The third-order valence-electron chi connectivity index (χ3n) is 5.91. The zero-order chi connectivity index (χ0) is 23.7. The molecule has 0 saturated heterocycles. The van der Waals surface area contributed by atoms with Crippen molar-refractivity contribution in [3.05, 3.63) is 64.7 Å². The van der Waals surface area contributed by atoms with Crippen LogP contribution in [0.3, 0.4) is 0 Å². The molecule has 0 amide bonds. The summed E-state index contributed by atoms with van der Waals surface area (Å²) in [5.74, 6) is 1.86. The number of nitrogens with zero attached hydrogens (tertiary/aromatic N) is 5. The smallest absolute Gasteiger partial charge is 0.294 e. The Bertz CT molecular complexity index is 1500. The largest absolute Gasteiger partial charge is 0.449 e. The lowest BCUT2D eigenvalue weighted by Crippen LogP contribution is -2.21. The first kappa shape index (κ1) is 22.2. The lowest BCUT2D eigenvalue weighted by Gasteiger charge is -2.21. The van der Waals surface area contributed by atoms with Crippen molar-refractivity contribution in [1.82, 2.24) is 24.7 Å². The average molecular weight is 475 g/mol. The predicted octanol–water partition coefficient (Wildman–Crippen LogP) is 5.09. The molecular formula is C25H26N6O2S. The normalized spacial score (nSPS) is 11.5. The number of thioether (sulfide) groups is 1. The maximum absolute atomic E-state index is 12.6. The van der Waals surface area contributed by atoms with E-state index < -0.39 is 0 Å². The topological polar surface area (TPSA) is 92.8 Å². The molecule has 0 saturated carbocycles. The first-order chi connectivity index (χ1) is 16.6. The molecule has 0 atom stereocenters. The van der Waals surface area contributed by atoms with Crippen molar-refractivity contribution < 1.29 is 4.42 Å². The van der Waals surface area contributed by atoms with Gasteiger partial charge in [-0.3, -0.25) is 4.79 Å². The number of aromatic amines is 1. The highest BCUT2D eigenvalue weighted by molar-refractivity contribution is 7.98. The molecular weight excluding hydrogens is 448 g/mol. The van der Waals surface area contributed by atoms with E-state index in [9.17, 15) is 4.79 Å². The van der Waals surface area contributed by atoms with Gasteiger partial charge in [0, 0.05) is 36.3 Å². The van der Waals surface area contributed by atoms with Crippen LogP contribution in [-0.4, -0.2) is 37.8 Å². The van der Waals surface area contributed by atoms with Crippen LogP contribution >= 0.6 is 11.8 Å². The average Bonchev–Trinajstić information content (AvgIpc) is 3.45. The second kappa shape index (κ2) is 9.34. The minimum absolute atomic E-state index is 0.252. The van der Waals surface area contributed by atoms with Crippen molar-refractivity contribution >= 4 is 39.5 Å². The Morgan fingerprint density at radius 3 is 2.53 bits per heavy atom. The third kappa shape index (κ3) is 3.96. The van der Waals surface area contributed by atoms with Gasteiger partial charge in [0.2, 0.25) is 5.58 Å². The molecule has 2 aromatic carbocycles. The van der Waals surface area contributed by atoms with Crippen molar-refractivity contribution in [2.75, 3.05) is 18.0 Å². The zero-order valence-corrected chi connectivity index (χ0v) is 20.2. The number of hydrogen-bond donors (Lipinski definition) is 1. The number of rotatable bonds is 8. The van der Waals surface area contributed by atoms with Crippen LogP contribution in [0.2, 0.25) is 0 Å². The van der Waals surface area contributed by atoms with Gasteiger partial charge >= 0.3 is 0 Å². The Kier molecular flexibility index (Phi) is 6.10. The standard InChI is InChI=1S/C25H26N6O2S/c1-4-30(5-2)17-13-11-16(12-14-17)23-28-29-25(31(23)6-3)34-15-20-26-21-18-9-7-8-10-19(18)33-22(21)24(32)27-20/h7-14H,4-6,15H2,1-3H3,(H,26,27,32). The first-order valence-electron chi connectivity index (χ1n) is 11.4. The van der Waals surface area contributed by atoms with Gasteiger partial charge in [-0.25, -0.2) is 4.98 Å². The zero-order valence-electron chi connectivity index (χ0n) is 19.4. The lowest BCUT2D eigenvalue weighted by atomic mass is 10.2. The minimum Gasteiger partial charge on any atom is -0.449 e. The number of benzene rings is 2. The molecule has 34 heavy (non-hydrogen) atoms. The highest BCUT2D eigenvalue weighted by atomic mass is 32.2. The molecule has 0 spiro atoms. The number of aromatic nitrogens is 5. The van der Waals surface area contributed by atoms with E-state index in [4.69, 9.17) is 4.42 Å². The number of para-hydroxylation sites is 1. The number of nitrogens with one attached hydrogen (secondary N) is 1. The van der Waals surface area contributed by atoms with Crippen LogP contribution in [0.1, 0.15) is 26.6 Å². The number of fused-ring (bicyclic) bond motifs is 3. The maximum Gasteiger partial charge on any atom is 0.294 e. The number of hydrogen-bond acceptors (Lipinski definition) is 7. The Balaban J connectivity index is 1.40. The first-order valence-corrected chi connectivity index (χ1v) is 12.4. The molecule has 1 N–H and O–H groups in total. The van der Waals surface area contributed by atoms with E-state index >= 15 is 0 Å². The lowest BCUT2D eigenvalue weighted by molar-refractivity contribution is 0.660. The number of H-pyrrole nitrogens is 1. The van der Waals surface area contributed by atoms with E-state index in [0.29, 0.717) is 22.7 Å². The fraction of sp³-hybridized carbons (Fsp3) is 0.280. The van der Waals surface area contributed by atoms with Gasteiger partial charge in [0.25, 0.3) is 5.56 Å². The molecule has 0 unspecified atom stereocenters. The van der Waals surface area contributed by atoms with Gasteiger partial charge < -0.3 is 18.9 Å². The van der Waals surface area contributed by atoms with Gasteiger partial charge in [0.1, 0.15) is 16.9 Å². The van der Waals surface area contributed by atoms with Gasteiger partial charge in [0.15, 0.2) is 11.0 Å². The van der Waals surface area contributed by atoms with Gasteiger partial charge in [0.05, 0.1) is 5.75 Å². The summed E-state index contributed by atoms with van der Waals surface area (Å²) >= 11 is 1.50. The van der Waals surface area contributed by atoms with Gasteiger partial charge in [-0.1, -0.05) is 23.9 Å². The summed E-state index contributed by atoms with van der Waals surface area (Å²) in [6, 6.07) is 16.0. The van der Waals surface area contributed by atoms with Crippen molar-refractivity contribution in [2.24, 2.45) is 0 Å². The van der Waals surface area contributed by atoms with Crippen LogP contribution in [0.5, 0.6) is 0 Å². The second-order valence-electron chi connectivity index (χ2n) is 7.85. The monoisotopic (exact) mass is 474 g/mol. The van der Waals surface area contributed by atoms with Crippen LogP contribution in [0.15, 0.2) is 62.9 Å². The maximum atomic E-state index is 12.6. The van der Waals surface area contributed by atoms with E-state index in [-0.39, 0.29) is 11.1 Å². The van der Waals surface area contributed by atoms with Gasteiger partial charge in [-0.2, -0.15) is 0 Å². The van der Waals surface area contributed by atoms with Crippen LogP contribution in [0.4, 0.5) is 5.69 Å². The van der Waals surface area contributed by atoms with E-state index in [1.54, 1.807) is 0 Å². The SMILES string of the molecule is CCN(CC)c1ccc(-c2nnc(SCc3nc4c(oc5ccccc54)c(=O)[nH]3)n2CC)cc1. The van der Waals surface area contributed by atoms with Crippen LogP contribution in [0, 0.1) is 0 Å². The number of furan rings is 1. The molecule has 0 aliphatic carbocycles. The number of anilines is 1. The van der Waals surface area contributed by atoms with Crippen molar-refractivity contribution in [1.29, 1.82) is 0 Å². The Morgan fingerprint density at radius 2 is 1.79 bits per heavy atom. The molecule has 8 nitrogen and oxygen atoms in total. The highest BCUT2D eigenvalue weighted by Crippen LogP contribution is 2.28. The van der Waals surface area contributed by atoms with Gasteiger partial charge in [-0.15, -0.1) is 10.2 Å². The Hall–Kier alpha value is -3.59. The van der Waals surface area contributed by atoms with Crippen LogP contribution in [0.25, 0.3) is 33.5 Å². The summed E-state index contributed by atoms with van der Waals surface area (Å²) in [6.45, 7) is 9.06. The molecule has 174 valence electrons. The fourth-order valence-corrected chi connectivity index (χ4v) is 5.03. The molecule has 3 heterocycles. The fourth-order valence-electron chi connectivity index (χ4n) is 4.15. The quantitative estimate of drug-likeness (QED) is 0.313. The summed E-state index contributed by atoms with van der Waals surface area (Å²) in [4.78, 5) is 22.4. The molecule has 5 aromatic rings. The minimum atomic E-state index is -0.275. The Labute approximate surface area is 201 Å². The molecule has 5 rings (SSSR count). The van der Waals surface area contributed by atoms with E-state index in [0.717, 1.165) is 41.6 Å². The summed E-state index contributed by atoms with van der Waals surface area (Å²) < 4.78 is 7.77. The second-order valence-corrected chi connectivity index (χ2v) is 8.79. The molecule has 0 aliphatic rings. The van der Waals surface area contributed by atoms with E-state index in [1.807, 2.05) is 24.3 Å². The van der Waals surface area contributed by atoms with E-state index in [2.05, 4.69) is 74.7 Å². The van der Waals surface area contributed by atoms with Crippen molar-refractivity contribution in [3.8, 4) is 11.4 Å². The van der Waals surface area contributed by atoms with Crippen molar-refractivity contribution in [2.45, 2.75) is 38.2 Å². The Morgan fingerprint density at radius 1 is 1.03 bits per heavy atom. The summed E-state index contributed by atoms with van der Waals surface area (Å²) in [5.41, 5.74) is 3.44. The third-order valence-corrected chi connectivity index (χ3v) is 6.88. The van der Waals surface area contributed by atoms with Crippen LogP contribution in [-0.2, 0) is 12.3 Å². The van der Waals surface area contributed by atoms with Gasteiger partial charge in [-0.05, 0) is 57.2 Å². The molecule has 0 radical (unpaired) electrons. The molecule has 3 aromatic heterocycles. The summed E-state index contributed by atoms with van der Waals surface area (Å²) in [6.07, 6.45) is 0. The van der Waals surface area contributed by atoms with Crippen molar-refractivity contribution in [3.63, 3.8) is 0 Å². The summed E-state index contributed by atoms with van der Waals surface area (Å²) in [5, 5.41) is 10.5. The molecule has 0 bridgehead atoms.